The molecule has 2 aliphatic rings. The van der Waals surface area contributed by atoms with Crippen LogP contribution in [0.1, 0.15) is 46.3 Å². The third kappa shape index (κ3) is 3.92. The molecular weight excluding hydrogens is 334 g/mol. The molecule has 1 saturated heterocycles. The Labute approximate surface area is 155 Å². The van der Waals surface area contributed by atoms with E-state index in [0.29, 0.717) is 12.6 Å². The summed E-state index contributed by atoms with van der Waals surface area (Å²) in [5.41, 5.74) is 1.12. The average Bonchev–Trinajstić information content (AvgIpc) is 3.04. The van der Waals surface area contributed by atoms with Crippen molar-refractivity contribution in [1.82, 2.24) is 15.1 Å². The number of amides is 1. The number of nitrogens with one attached hydrogen (secondary N) is 1. The predicted octanol–water partition coefficient (Wildman–Crippen LogP) is 2.31. The molecule has 1 aromatic heterocycles. The van der Waals surface area contributed by atoms with Crippen molar-refractivity contribution in [2.45, 2.75) is 44.2 Å². The number of hydrogen-bond donors (Lipinski definition) is 1. The molecule has 140 valence electrons. The molecule has 1 spiro atoms. The number of likely N-dealkylation sites (N-methyl/N-ethyl adjacent to an activating group) is 1. The van der Waals surface area contributed by atoms with Gasteiger partial charge in [-0.3, -0.25) is 4.79 Å². The second kappa shape index (κ2) is 7.74. The van der Waals surface area contributed by atoms with Crippen molar-refractivity contribution in [2.75, 3.05) is 47.4 Å². The van der Waals surface area contributed by atoms with E-state index in [-0.39, 0.29) is 11.5 Å². The topological polar surface area (TPSA) is 44.8 Å². The van der Waals surface area contributed by atoms with E-state index in [4.69, 9.17) is 4.74 Å². The summed E-state index contributed by atoms with van der Waals surface area (Å²) in [4.78, 5) is 19.4. The lowest BCUT2D eigenvalue weighted by atomic mass is 9.82. The summed E-state index contributed by atoms with van der Waals surface area (Å²) in [6, 6.07) is 2.48. The smallest absolute Gasteiger partial charge is 0.261 e. The lowest BCUT2D eigenvalue weighted by molar-refractivity contribution is -0.0942. The van der Waals surface area contributed by atoms with Crippen LogP contribution in [0.3, 0.4) is 0 Å². The lowest BCUT2D eigenvalue weighted by Gasteiger charge is -2.43. The van der Waals surface area contributed by atoms with Crippen molar-refractivity contribution in [3.05, 3.63) is 21.4 Å². The zero-order valence-corrected chi connectivity index (χ0v) is 16.7. The van der Waals surface area contributed by atoms with E-state index in [9.17, 15) is 4.79 Å². The summed E-state index contributed by atoms with van der Waals surface area (Å²) in [5.74, 6) is 0.0581. The summed E-state index contributed by atoms with van der Waals surface area (Å²) in [6.07, 6.45) is 4.00. The minimum Gasteiger partial charge on any atom is -0.370 e. The molecule has 3 rings (SSSR count). The first-order chi connectivity index (χ1) is 11.9. The van der Waals surface area contributed by atoms with Crippen LogP contribution in [0.25, 0.3) is 0 Å². The van der Waals surface area contributed by atoms with Crippen molar-refractivity contribution in [1.29, 1.82) is 0 Å². The summed E-state index contributed by atoms with van der Waals surface area (Å²) >= 11 is 1.66. The van der Waals surface area contributed by atoms with Gasteiger partial charge < -0.3 is 19.9 Å². The summed E-state index contributed by atoms with van der Waals surface area (Å²) in [5, 5.41) is 3.12. The largest absolute Gasteiger partial charge is 0.370 e. The second-order valence-electron chi connectivity index (χ2n) is 7.58. The second-order valence-corrected chi connectivity index (χ2v) is 8.72. The predicted molar refractivity (Wildman–Crippen MR) is 102 cm³/mol. The van der Waals surface area contributed by atoms with E-state index < -0.39 is 0 Å². The van der Waals surface area contributed by atoms with Gasteiger partial charge in [-0.1, -0.05) is 6.92 Å². The van der Waals surface area contributed by atoms with E-state index in [1.54, 1.807) is 11.3 Å². The van der Waals surface area contributed by atoms with Gasteiger partial charge in [-0.25, -0.2) is 0 Å². The summed E-state index contributed by atoms with van der Waals surface area (Å²) in [6.45, 7) is 5.73. The molecule has 0 saturated carbocycles. The monoisotopic (exact) mass is 365 g/mol. The minimum atomic E-state index is -0.162. The molecule has 25 heavy (non-hydrogen) atoms. The van der Waals surface area contributed by atoms with E-state index in [1.807, 2.05) is 0 Å². The Kier molecular flexibility index (Phi) is 5.83. The van der Waals surface area contributed by atoms with Crippen molar-refractivity contribution in [3.8, 4) is 0 Å². The van der Waals surface area contributed by atoms with Gasteiger partial charge in [0.15, 0.2) is 0 Å². The van der Waals surface area contributed by atoms with Gasteiger partial charge in [-0.2, -0.15) is 0 Å². The Morgan fingerprint density at radius 1 is 1.44 bits per heavy atom. The molecular formula is C19H31N3O2S. The van der Waals surface area contributed by atoms with Gasteiger partial charge in [0.2, 0.25) is 0 Å². The third-order valence-electron chi connectivity index (χ3n) is 5.73. The fourth-order valence-electron chi connectivity index (χ4n) is 3.91. The van der Waals surface area contributed by atoms with Crippen LogP contribution in [-0.2, 0) is 16.8 Å². The molecule has 0 bridgehead atoms. The number of rotatable bonds is 5. The van der Waals surface area contributed by atoms with Gasteiger partial charge in [0.25, 0.3) is 5.91 Å². The quantitative estimate of drug-likeness (QED) is 0.870. The molecule has 1 fully saturated rings. The molecule has 1 amide bonds. The van der Waals surface area contributed by atoms with Gasteiger partial charge in [-0.05, 0) is 52.0 Å². The van der Waals surface area contributed by atoms with E-state index in [2.05, 4.69) is 49.2 Å². The summed E-state index contributed by atoms with van der Waals surface area (Å²) < 4.78 is 6.26. The number of hydrogen-bond acceptors (Lipinski definition) is 5. The molecule has 1 atom stereocenters. The van der Waals surface area contributed by atoms with Crippen LogP contribution in [0.15, 0.2) is 6.07 Å². The zero-order chi connectivity index (χ0) is 18.0. The number of thiophene rings is 1. The number of ether oxygens (including phenoxy) is 1. The molecule has 0 radical (unpaired) electrons. The van der Waals surface area contributed by atoms with Crippen molar-refractivity contribution >= 4 is 17.2 Å². The first-order valence-corrected chi connectivity index (χ1v) is 10.2. The van der Waals surface area contributed by atoms with Crippen LogP contribution in [0.5, 0.6) is 0 Å². The highest BCUT2D eigenvalue weighted by atomic mass is 32.1. The minimum absolute atomic E-state index is 0.0581. The van der Waals surface area contributed by atoms with Crippen LogP contribution in [0.2, 0.25) is 0 Å². The maximum absolute atomic E-state index is 12.7. The normalized spacial score (nSPS) is 21.3. The Morgan fingerprint density at radius 3 is 2.80 bits per heavy atom. The Hall–Kier alpha value is -0.950. The van der Waals surface area contributed by atoms with E-state index >= 15 is 0 Å². The van der Waals surface area contributed by atoms with Crippen LogP contribution >= 0.6 is 11.3 Å². The van der Waals surface area contributed by atoms with Crippen molar-refractivity contribution in [3.63, 3.8) is 0 Å². The maximum atomic E-state index is 12.7. The van der Waals surface area contributed by atoms with Crippen LogP contribution in [-0.4, -0.2) is 69.1 Å². The standard InChI is InChI=1S/C19H31N3O2S/c1-5-14(21(2)3)13-20-18(23)17-12-15-16(25-17)6-11-24-19(15)7-9-22(4)10-8-19/h12,14H,5-11,13H2,1-4H3,(H,20,23). The van der Waals surface area contributed by atoms with E-state index in [1.165, 1.54) is 10.4 Å². The zero-order valence-electron chi connectivity index (χ0n) is 15.9. The van der Waals surface area contributed by atoms with Gasteiger partial charge in [0.05, 0.1) is 17.1 Å². The Balaban J connectivity index is 1.73. The molecule has 0 aliphatic carbocycles. The van der Waals surface area contributed by atoms with E-state index in [0.717, 1.165) is 50.3 Å². The number of nitrogens with zero attached hydrogens (tertiary/aromatic N) is 2. The van der Waals surface area contributed by atoms with Gasteiger partial charge in [-0.15, -0.1) is 11.3 Å². The van der Waals surface area contributed by atoms with Crippen molar-refractivity contribution < 1.29 is 9.53 Å². The molecule has 1 N–H and O–H groups in total. The van der Waals surface area contributed by atoms with Crippen LogP contribution in [0.4, 0.5) is 0 Å². The molecule has 1 aromatic rings. The number of piperidine rings is 1. The first-order valence-electron chi connectivity index (χ1n) is 9.35. The molecule has 6 heteroatoms. The lowest BCUT2D eigenvalue weighted by Crippen LogP contribution is -2.44. The Bertz CT molecular complexity index is 606. The van der Waals surface area contributed by atoms with Crippen molar-refractivity contribution in [2.24, 2.45) is 0 Å². The van der Waals surface area contributed by atoms with Gasteiger partial charge >= 0.3 is 0 Å². The molecule has 2 aliphatic heterocycles. The SMILES string of the molecule is CCC(CNC(=O)c1cc2c(s1)CCOC21CCN(C)CC1)N(C)C. The molecule has 0 aromatic carbocycles. The van der Waals surface area contributed by atoms with Gasteiger partial charge in [0, 0.05) is 37.0 Å². The highest BCUT2D eigenvalue weighted by molar-refractivity contribution is 7.14. The third-order valence-corrected chi connectivity index (χ3v) is 6.92. The number of carbonyl (C=O) groups is 1. The number of fused-ring (bicyclic) bond motifs is 2. The summed E-state index contributed by atoms with van der Waals surface area (Å²) in [7, 11) is 6.29. The van der Waals surface area contributed by atoms with Crippen LogP contribution < -0.4 is 5.32 Å². The fourth-order valence-corrected chi connectivity index (χ4v) is 5.06. The molecule has 1 unspecified atom stereocenters. The molecule has 5 nitrogen and oxygen atoms in total. The fraction of sp³-hybridized carbons (Fsp3) is 0.737. The Morgan fingerprint density at radius 2 is 2.16 bits per heavy atom. The van der Waals surface area contributed by atoms with Crippen LogP contribution in [0, 0.1) is 0 Å². The maximum Gasteiger partial charge on any atom is 0.261 e. The average molecular weight is 366 g/mol. The molecule has 3 heterocycles. The number of likely N-dealkylation sites (tertiary alicyclic amines) is 1. The highest BCUT2D eigenvalue weighted by Gasteiger charge is 2.41. The van der Waals surface area contributed by atoms with Gasteiger partial charge in [0.1, 0.15) is 0 Å². The highest BCUT2D eigenvalue weighted by Crippen LogP contribution is 2.44. The number of carbonyl (C=O) groups excluding carboxylic acids is 1. The first kappa shape index (κ1) is 18.8.